The highest BCUT2D eigenvalue weighted by atomic mass is 35.5. The van der Waals surface area contributed by atoms with Crippen molar-refractivity contribution < 1.29 is 9.50 Å². The third-order valence-corrected chi connectivity index (χ3v) is 1.53. The first-order chi connectivity index (χ1) is 5.18. The summed E-state index contributed by atoms with van der Waals surface area (Å²) >= 11 is 5.62. The largest absolute Gasteiger partial charge is 0.364 e. The van der Waals surface area contributed by atoms with Crippen molar-refractivity contribution in [2.24, 2.45) is 0 Å². The van der Waals surface area contributed by atoms with E-state index in [0.29, 0.717) is 10.6 Å². The molecule has 0 saturated carbocycles. The Morgan fingerprint density at radius 2 is 2.27 bits per heavy atom. The molecule has 0 aromatic heterocycles. The molecule has 0 spiro atoms. The van der Waals surface area contributed by atoms with Crippen LogP contribution in [-0.2, 0) is 6.42 Å². The van der Waals surface area contributed by atoms with Crippen LogP contribution in [0.5, 0.6) is 0 Å². The highest BCUT2D eigenvalue weighted by Crippen LogP contribution is 2.12. The maximum atomic E-state index is 12.0. The molecule has 1 rings (SSSR count). The lowest BCUT2D eigenvalue weighted by atomic mass is 10.1. The lowest BCUT2D eigenvalue weighted by molar-refractivity contribution is 0.0430. The average Bonchev–Trinajstić information content (AvgIpc) is 1.85. The molecule has 0 bridgehead atoms. The molecule has 60 valence electrons. The number of alkyl halides is 1. The first-order valence-electron chi connectivity index (χ1n) is 3.25. The monoisotopic (exact) mass is 174 g/mol. The smallest absolute Gasteiger partial charge is 0.200 e. The van der Waals surface area contributed by atoms with Gasteiger partial charge >= 0.3 is 0 Å². The van der Waals surface area contributed by atoms with E-state index in [0.717, 1.165) is 0 Å². The van der Waals surface area contributed by atoms with E-state index in [1.165, 1.54) is 0 Å². The van der Waals surface area contributed by atoms with Gasteiger partial charge in [0.2, 0.25) is 0 Å². The molecule has 1 nitrogen and oxygen atoms in total. The van der Waals surface area contributed by atoms with Crippen molar-refractivity contribution in [3.8, 4) is 0 Å². The molecule has 0 saturated heterocycles. The fourth-order valence-electron chi connectivity index (χ4n) is 0.858. The van der Waals surface area contributed by atoms with Crippen molar-refractivity contribution in [3.63, 3.8) is 0 Å². The quantitative estimate of drug-likeness (QED) is 0.729. The maximum Gasteiger partial charge on any atom is 0.200 e. The first-order valence-corrected chi connectivity index (χ1v) is 3.63. The van der Waals surface area contributed by atoms with Crippen LogP contribution in [0.15, 0.2) is 24.3 Å². The molecular formula is C8H8ClFO. The molecule has 11 heavy (non-hydrogen) atoms. The SMILES string of the molecule is O[C@@H](F)Cc1cccc(Cl)c1. The summed E-state index contributed by atoms with van der Waals surface area (Å²) in [4.78, 5) is 0. The lowest BCUT2D eigenvalue weighted by Crippen LogP contribution is -2.01. The van der Waals surface area contributed by atoms with Gasteiger partial charge in [-0.2, -0.15) is 0 Å². The molecule has 0 heterocycles. The maximum absolute atomic E-state index is 12.0. The van der Waals surface area contributed by atoms with E-state index in [1.54, 1.807) is 24.3 Å². The number of hydrogen-bond acceptors (Lipinski definition) is 1. The molecule has 1 aromatic rings. The van der Waals surface area contributed by atoms with Crippen molar-refractivity contribution in [2.75, 3.05) is 0 Å². The Bertz CT molecular complexity index is 237. The van der Waals surface area contributed by atoms with Crippen LogP contribution in [-0.4, -0.2) is 11.5 Å². The van der Waals surface area contributed by atoms with Crippen molar-refractivity contribution in [1.29, 1.82) is 0 Å². The topological polar surface area (TPSA) is 20.2 Å². The van der Waals surface area contributed by atoms with Crippen LogP contribution in [0.3, 0.4) is 0 Å². The van der Waals surface area contributed by atoms with Crippen molar-refractivity contribution in [2.45, 2.75) is 12.8 Å². The zero-order chi connectivity index (χ0) is 8.27. The van der Waals surface area contributed by atoms with Gasteiger partial charge < -0.3 is 5.11 Å². The van der Waals surface area contributed by atoms with Gasteiger partial charge in [-0.1, -0.05) is 23.7 Å². The van der Waals surface area contributed by atoms with Gasteiger partial charge in [0.1, 0.15) is 0 Å². The van der Waals surface area contributed by atoms with Gasteiger partial charge in [-0.25, -0.2) is 4.39 Å². The molecule has 0 radical (unpaired) electrons. The Labute approximate surface area is 69.4 Å². The summed E-state index contributed by atoms with van der Waals surface area (Å²) in [6.45, 7) is 0. The van der Waals surface area contributed by atoms with Gasteiger partial charge in [0, 0.05) is 11.4 Å². The average molecular weight is 175 g/mol. The Kier molecular flexibility index (Phi) is 2.85. The van der Waals surface area contributed by atoms with Crippen LogP contribution in [0.2, 0.25) is 5.02 Å². The summed E-state index contributed by atoms with van der Waals surface area (Å²) in [6, 6.07) is 6.77. The normalized spacial score (nSPS) is 13.0. The van der Waals surface area contributed by atoms with Crippen LogP contribution in [0.1, 0.15) is 5.56 Å². The number of aliphatic hydroxyl groups excluding tert-OH is 1. The standard InChI is InChI=1S/C8H8ClFO/c9-7-3-1-2-6(4-7)5-8(10)11/h1-4,8,11H,5H2/t8-/m1/s1. The van der Waals surface area contributed by atoms with E-state index in [-0.39, 0.29) is 6.42 Å². The minimum atomic E-state index is -1.80. The number of benzene rings is 1. The molecule has 0 aliphatic heterocycles. The third kappa shape index (κ3) is 2.87. The molecule has 0 aliphatic rings. The van der Waals surface area contributed by atoms with Crippen molar-refractivity contribution in [1.82, 2.24) is 0 Å². The van der Waals surface area contributed by atoms with Gasteiger partial charge in [0.15, 0.2) is 6.36 Å². The summed E-state index contributed by atoms with van der Waals surface area (Å²) in [6.07, 6.45) is -1.80. The summed E-state index contributed by atoms with van der Waals surface area (Å²) in [5.41, 5.74) is 0.701. The van der Waals surface area contributed by atoms with E-state index in [1.807, 2.05) is 0 Å². The summed E-state index contributed by atoms with van der Waals surface area (Å²) in [5.74, 6) is 0. The number of hydrogen-bond donors (Lipinski definition) is 1. The minimum Gasteiger partial charge on any atom is -0.364 e. The molecule has 0 unspecified atom stereocenters. The number of rotatable bonds is 2. The molecule has 0 aliphatic carbocycles. The fourth-order valence-corrected chi connectivity index (χ4v) is 1.07. The Hall–Kier alpha value is -0.600. The molecular weight excluding hydrogens is 167 g/mol. The number of aliphatic hydroxyl groups is 1. The Morgan fingerprint density at radius 3 is 2.82 bits per heavy atom. The van der Waals surface area contributed by atoms with E-state index < -0.39 is 6.36 Å². The van der Waals surface area contributed by atoms with Gasteiger partial charge in [-0.3, -0.25) is 0 Å². The van der Waals surface area contributed by atoms with Crippen LogP contribution in [0.25, 0.3) is 0 Å². The Balaban J connectivity index is 2.71. The third-order valence-electron chi connectivity index (χ3n) is 1.29. The lowest BCUT2D eigenvalue weighted by Gasteiger charge is -2.00. The van der Waals surface area contributed by atoms with E-state index >= 15 is 0 Å². The van der Waals surface area contributed by atoms with Crippen LogP contribution in [0, 0.1) is 0 Å². The molecule has 1 atom stereocenters. The summed E-state index contributed by atoms with van der Waals surface area (Å²) in [5, 5.41) is 8.95. The Morgan fingerprint density at radius 1 is 1.55 bits per heavy atom. The minimum absolute atomic E-state index is 0.000556. The second-order valence-electron chi connectivity index (χ2n) is 2.27. The van der Waals surface area contributed by atoms with Crippen molar-refractivity contribution in [3.05, 3.63) is 34.9 Å². The van der Waals surface area contributed by atoms with Crippen molar-refractivity contribution >= 4 is 11.6 Å². The molecule has 1 N–H and O–H groups in total. The molecule has 0 amide bonds. The predicted molar refractivity (Wildman–Crippen MR) is 42.3 cm³/mol. The van der Waals surface area contributed by atoms with E-state index in [2.05, 4.69) is 0 Å². The first kappa shape index (κ1) is 8.50. The van der Waals surface area contributed by atoms with E-state index in [4.69, 9.17) is 16.7 Å². The zero-order valence-corrected chi connectivity index (χ0v) is 6.55. The van der Waals surface area contributed by atoms with E-state index in [9.17, 15) is 4.39 Å². The van der Waals surface area contributed by atoms with Gasteiger partial charge in [-0.05, 0) is 17.7 Å². The summed E-state index contributed by atoms with van der Waals surface area (Å²) < 4.78 is 12.0. The van der Waals surface area contributed by atoms with Crippen LogP contribution < -0.4 is 0 Å². The van der Waals surface area contributed by atoms with Crippen LogP contribution >= 0.6 is 11.6 Å². The molecule has 1 aromatic carbocycles. The molecule has 0 fully saturated rings. The number of halogens is 2. The second kappa shape index (κ2) is 3.69. The van der Waals surface area contributed by atoms with Gasteiger partial charge in [0.25, 0.3) is 0 Å². The summed E-state index contributed by atoms with van der Waals surface area (Å²) in [7, 11) is 0. The predicted octanol–water partition coefficient (Wildman–Crippen LogP) is 2.17. The fraction of sp³-hybridized carbons (Fsp3) is 0.250. The molecule has 3 heteroatoms. The second-order valence-corrected chi connectivity index (χ2v) is 2.70. The highest BCUT2D eigenvalue weighted by molar-refractivity contribution is 6.30. The van der Waals surface area contributed by atoms with Gasteiger partial charge in [-0.15, -0.1) is 0 Å². The van der Waals surface area contributed by atoms with Gasteiger partial charge in [0.05, 0.1) is 0 Å². The highest BCUT2D eigenvalue weighted by Gasteiger charge is 2.01. The van der Waals surface area contributed by atoms with Crippen LogP contribution in [0.4, 0.5) is 4.39 Å². The zero-order valence-electron chi connectivity index (χ0n) is 5.80.